The fourth-order valence-electron chi connectivity index (χ4n) is 2.81. The first-order valence-electron chi connectivity index (χ1n) is 7.40. The third kappa shape index (κ3) is 3.70. The van der Waals surface area contributed by atoms with E-state index in [4.69, 9.17) is 0 Å². The van der Waals surface area contributed by atoms with Gasteiger partial charge in [-0.05, 0) is 30.0 Å². The molecule has 0 saturated carbocycles. The Labute approximate surface area is 130 Å². The molecule has 22 heavy (non-hydrogen) atoms. The van der Waals surface area contributed by atoms with Crippen LogP contribution in [-0.2, 0) is 25.5 Å². The van der Waals surface area contributed by atoms with Crippen LogP contribution in [0.5, 0.6) is 0 Å². The van der Waals surface area contributed by atoms with Crippen molar-refractivity contribution >= 4 is 17.5 Å². The van der Waals surface area contributed by atoms with Crippen LogP contribution in [0.15, 0.2) is 30.4 Å². The van der Waals surface area contributed by atoms with Crippen LogP contribution in [0.2, 0.25) is 0 Å². The van der Waals surface area contributed by atoms with Crippen LogP contribution < -0.4 is 0 Å². The molecule has 0 amide bonds. The van der Waals surface area contributed by atoms with Crippen LogP contribution in [0.1, 0.15) is 41.9 Å². The van der Waals surface area contributed by atoms with E-state index in [-0.39, 0.29) is 23.9 Å². The van der Waals surface area contributed by atoms with Crippen LogP contribution in [0.4, 0.5) is 0 Å². The largest absolute Gasteiger partial charge is 0.466 e. The van der Waals surface area contributed by atoms with Crippen molar-refractivity contribution < 1.29 is 19.1 Å². The fourth-order valence-corrected chi connectivity index (χ4v) is 2.81. The molecule has 0 aliphatic heterocycles. The number of benzene rings is 1. The van der Waals surface area contributed by atoms with Gasteiger partial charge in [-0.1, -0.05) is 24.3 Å². The Kier molecular flexibility index (Phi) is 5.26. The molecule has 4 heteroatoms. The highest BCUT2D eigenvalue weighted by molar-refractivity contribution is 5.97. The monoisotopic (exact) mass is 300 g/mol. The number of carbonyl (C=O) groups is 3. The molecule has 0 saturated heterocycles. The zero-order valence-corrected chi connectivity index (χ0v) is 12.9. The second-order valence-electron chi connectivity index (χ2n) is 5.55. The molecule has 1 aromatic rings. The van der Waals surface area contributed by atoms with Crippen molar-refractivity contribution in [1.29, 1.82) is 0 Å². The average Bonchev–Trinajstić information content (AvgIpc) is 2.81. The molecule has 0 spiro atoms. The summed E-state index contributed by atoms with van der Waals surface area (Å²) in [5.74, 6) is -0.556. The molecule has 0 heterocycles. The lowest BCUT2D eigenvalue weighted by molar-refractivity contribution is -0.134. The van der Waals surface area contributed by atoms with Gasteiger partial charge in [-0.15, -0.1) is 0 Å². The highest BCUT2D eigenvalue weighted by Crippen LogP contribution is 2.35. The van der Waals surface area contributed by atoms with E-state index in [1.807, 2.05) is 25.1 Å². The van der Waals surface area contributed by atoms with Gasteiger partial charge in [0, 0.05) is 25.3 Å². The molecule has 1 aliphatic rings. The maximum absolute atomic E-state index is 12.1. The van der Waals surface area contributed by atoms with Gasteiger partial charge in [-0.3, -0.25) is 9.59 Å². The highest BCUT2D eigenvalue weighted by atomic mass is 16.5. The minimum Gasteiger partial charge on any atom is -0.466 e. The molecule has 0 radical (unpaired) electrons. The number of methoxy groups -OCH3 is 1. The Bertz CT molecular complexity index is 628. The summed E-state index contributed by atoms with van der Waals surface area (Å²) < 4.78 is 4.47. The Balaban J connectivity index is 1.93. The number of esters is 1. The van der Waals surface area contributed by atoms with Crippen molar-refractivity contribution in [3.8, 4) is 0 Å². The van der Waals surface area contributed by atoms with Crippen molar-refractivity contribution in [1.82, 2.24) is 0 Å². The molecular formula is C18H20O4. The Hall–Kier alpha value is -2.23. The number of ether oxygens (including phenoxy) is 1. The molecule has 1 aliphatic carbocycles. The molecule has 2 rings (SSSR count). The number of hydrogen-bond acceptors (Lipinski definition) is 4. The zero-order chi connectivity index (χ0) is 16.1. The highest BCUT2D eigenvalue weighted by Gasteiger charge is 2.32. The average molecular weight is 300 g/mol. The number of allylic oxidation sites excluding steroid dienone is 1. The number of hydrogen-bond donors (Lipinski definition) is 0. The van der Waals surface area contributed by atoms with Gasteiger partial charge in [-0.25, -0.2) is 4.79 Å². The van der Waals surface area contributed by atoms with Gasteiger partial charge in [0.2, 0.25) is 0 Å². The lowest BCUT2D eigenvalue weighted by Crippen LogP contribution is -2.12. The molecule has 0 fully saturated rings. The number of fused-ring (bicyclic) bond motifs is 1. The molecule has 0 aromatic heterocycles. The predicted octanol–water partition coefficient (Wildman–Crippen LogP) is 2.67. The molecule has 1 aromatic carbocycles. The molecule has 4 nitrogen and oxygen atoms in total. The van der Waals surface area contributed by atoms with E-state index in [1.54, 1.807) is 6.08 Å². The van der Waals surface area contributed by atoms with Crippen LogP contribution in [0.25, 0.3) is 0 Å². The van der Waals surface area contributed by atoms with Crippen LogP contribution in [0.3, 0.4) is 0 Å². The van der Waals surface area contributed by atoms with Crippen molar-refractivity contribution in [3.63, 3.8) is 0 Å². The molecule has 1 atom stereocenters. The first kappa shape index (κ1) is 16.1. The Morgan fingerprint density at radius 1 is 1.36 bits per heavy atom. The van der Waals surface area contributed by atoms with E-state index >= 15 is 0 Å². The molecule has 0 N–H and O–H groups in total. The number of rotatable bonds is 6. The van der Waals surface area contributed by atoms with Crippen molar-refractivity contribution in [2.75, 3.05) is 7.11 Å². The van der Waals surface area contributed by atoms with E-state index in [9.17, 15) is 14.4 Å². The number of Topliss-reactive ketones (excluding diaryl/α,β-unsaturated/α-hetero) is 2. The maximum atomic E-state index is 12.1. The van der Waals surface area contributed by atoms with E-state index < -0.39 is 5.97 Å². The summed E-state index contributed by atoms with van der Waals surface area (Å²) in [7, 11) is 1.31. The molecule has 116 valence electrons. The summed E-state index contributed by atoms with van der Waals surface area (Å²) in [6.07, 6.45) is 4.43. The van der Waals surface area contributed by atoms with E-state index in [0.717, 1.165) is 16.7 Å². The fraction of sp³-hybridized carbons (Fsp3) is 0.389. The summed E-state index contributed by atoms with van der Waals surface area (Å²) in [6.45, 7) is 1.99. The predicted molar refractivity (Wildman–Crippen MR) is 82.6 cm³/mol. The van der Waals surface area contributed by atoms with E-state index in [0.29, 0.717) is 19.3 Å². The van der Waals surface area contributed by atoms with Crippen LogP contribution in [0, 0.1) is 6.92 Å². The van der Waals surface area contributed by atoms with Gasteiger partial charge in [0.05, 0.1) is 13.0 Å². The van der Waals surface area contributed by atoms with Gasteiger partial charge >= 0.3 is 5.97 Å². The van der Waals surface area contributed by atoms with Gasteiger partial charge in [-0.2, -0.15) is 0 Å². The Morgan fingerprint density at radius 3 is 2.86 bits per heavy atom. The number of ketones is 2. The van der Waals surface area contributed by atoms with Crippen molar-refractivity contribution in [3.05, 3.63) is 47.0 Å². The molecule has 1 unspecified atom stereocenters. The number of carbonyl (C=O) groups excluding carboxylic acids is 3. The van der Waals surface area contributed by atoms with Gasteiger partial charge in [0.25, 0.3) is 0 Å². The van der Waals surface area contributed by atoms with Crippen LogP contribution in [-0.4, -0.2) is 24.6 Å². The summed E-state index contributed by atoms with van der Waals surface area (Å²) in [5, 5.41) is 0. The van der Waals surface area contributed by atoms with Crippen LogP contribution >= 0.6 is 0 Å². The Morgan fingerprint density at radius 2 is 2.14 bits per heavy atom. The second kappa shape index (κ2) is 7.16. The first-order chi connectivity index (χ1) is 10.5. The van der Waals surface area contributed by atoms with Gasteiger partial charge in [0.15, 0.2) is 0 Å². The second-order valence-corrected chi connectivity index (χ2v) is 5.55. The topological polar surface area (TPSA) is 60.4 Å². The maximum Gasteiger partial charge on any atom is 0.330 e. The molecular weight excluding hydrogens is 280 g/mol. The van der Waals surface area contributed by atoms with Gasteiger partial charge in [0.1, 0.15) is 11.6 Å². The quantitative estimate of drug-likeness (QED) is 0.598. The standard InChI is InChI=1S/C18H20O4/c1-12-6-5-8-14-15(12)11-17(20)16(14)10-13(19)7-3-4-9-18(21)22-2/h4-6,8-9,16H,3,7,10-11H2,1-2H3/b9-4+. The van der Waals surface area contributed by atoms with E-state index in [2.05, 4.69) is 4.74 Å². The summed E-state index contributed by atoms with van der Waals surface area (Å²) >= 11 is 0. The lowest BCUT2D eigenvalue weighted by atomic mass is 9.93. The van der Waals surface area contributed by atoms with Crippen molar-refractivity contribution in [2.24, 2.45) is 0 Å². The zero-order valence-electron chi connectivity index (χ0n) is 12.9. The lowest BCUT2D eigenvalue weighted by Gasteiger charge is -2.09. The number of aryl methyl sites for hydroxylation is 1. The molecule has 0 bridgehead atoms. The summed E-state index contributed by atoms with van der Waals surface area (Å²) in [5.41, 5.74) is 3.20. The SMILES string of the molecule is COC(=O)/C=C/CCC(=O)CC1C(=O)Cc2c(C)cccc21. The smallest absolute Gasteiger partial charge is 0.330 e. The summed E-state index contributed by atoms with van der Waals surface area (Å²) in [4.78, 5) is 35.1. The third-order valence-corrected chi connectivity index (χ3v) is 4.04. The normalized spacial score (nSPS) is 16.8. The third-order valence-electron chi connectivity index (χ3n) is 4.04. The van der Waals surface area contributed by atoms with Crippen molar-refractivity contribution in [2.45, 2.75) is 38.5 Å². The first-order valence-corrected chi connectivity index (χ1v) is 7.40. The minimum atomic E-state index is -0.428. The van der Waals surface area contributed by atoms with Gasteiger partial charge < -0.3 is 4.74 Å². The minimum absolute atomic E-state index is 0.0437. The van der Waals surface area contributed by atoms with E-state index in [1.165, 1.54) is 13.2 Å². The summed E-state index contributed by atoms with van der Waals surface area (Å²) in [6, 6.07) is 5.87.